The molecule has 1 aliphatic rings. The van der Waals surface area contributed by atoms with Crippen LogP contribution in [0.3, 0.4) is 0 Å². The van der Waals surface area contributed by atoms with Gasteiger partial charge in [-0.05, 0) is 5.92 Å². The number of hydrogen-bond acceptors (Lipinski definition) is 0. The van der Waals surface area contributed by atoms with Crippen LogP contribution in [0, 0.1) is 5.92 Å². The Morgan fingerprint density at radius 1 is 1.10 bits per heavy atom. The molecule has 0 nitrogen and oxygen atoms in total. The lowest BCUT2D eigenvalue weighted by Crippen LogP contribution is -1.59. The summed E-state index contributed by atoms with van der Waals surface area (Å²) in [5.41, 5.74) is 0. The monoisotopic (exact) mass is 142 g/mol. The fourth-order valence-corrected chi connectivity index (χ4v) is 0.526. The standard InChI is InChI=1S/C5H10.C3H8.C2H4/c1-2-5-3-4-5;1-3-2;1-2/h5H,2-4H2,1H3;3H2,1-2H3;1-2H2. The van der Waals surface area contributed by atoms with Crippen molar-refractivity contribution in [2.75, 3.05) is 0 Å². The molecule has 0 aliphatic heterocycles. The van der Waals surface area contributed by atoms with Crippen molar-refractivity contribution < 1.29 is 0 Å². The molecule has 10 heavy (non-hydrogen) atoms. The van der Waals surface area contributed by atoms with E-state index in [-0.39, 0.29) is 0 Å². The minimum atomic E-state index is 1.13. The first-order valence-corrected chi connectivity index (χ1v) is 4.35. The number of hydrogen-bond donors (Lipinski definition) is 0. The highest BCUT2D eigenvalue weighted by molar-refractivity contribution is 4.69. The highest BCUT2D eigenvalue weighted by Gasteiger charge is 2.17. The van der Waals surface area contributed by atoms with Gasteiger partial charge in [-0.1, -0.05) is 46.5 Å². The second kappa shape index (κ2) is 11.5. The van der Waals surface area contributed by atoms with E-state index in [1.54, 1.807) is 0 Å². The van der Waals surface area contributed by atoms with E-state index >= 15 is 0 Å². The second-order valence-corrected chi connectivity index (χ2v) is 2.56. The average Bonchev–Trinajstić information content (AvgIpc) is 2.75. The Kier molecular flexibility index (Phi) is 14.3. The molecule has 0 heterocycles. The van der Waals surface area contributed by atoms with Gasteiger partial charge in [-0.25, -0.2) is 0 Å². The van der Waals surface area contributed by atoms with Gasteiger partial charge in [0.25, 0.3) is 0 Å². The molecule has 0 radical (unpaired) electrons. The number of rotatable bonds is 1. The van der Waals surface area contributed by atoms with Gasteiger partial charge in [-0.15, -0.1) is 13.2 Å². The zero-order valence-electron chi connectivity index (χ0n) is 7.82. The van der Waals surface area contributed by atoms with Crippen LogP contribution in [0.2, 0.25) is 0 Å². The molecule has 0 N–H and O–H groups in total. The normalized spacial score (nSPS) is 13.9. The lowest BCUT2D eigenvalue weighted by Gasteiger charge is -1.72. The highest BCUT2D eigenvalue weighted by Crippen LogP contribution is 2.31. The summed E-state index contributed by atoms with van der Waals surface area (Å²) in [6.07, 6.45) is 5.69. The fourth-order valence-electron chi connectivity index (χ4n) is 0.526. The Hall–Kier alpha value is -0.260. The van der Waals surface area contributed by atoms with Gasteiger partial charge in [-0.2, -0.15) is 0 Å². The zero-order valence-corrected chi connectivity index (χ0v) is 7.82. The van der Waals surface area contributed by atoms with Crippen LogP contribution in [0.15, 0.2) is 13.2 Å². The third kappa shape index (κ3) is 15.6. The van der Waals surface area contributed by atoms with Crippen molar-refractivity contribution in [1.82, 2.24) is 0 Å². The van der Waals surface area contributed by atoms with E-state index in [0.29, 0.717) is 0 Å². The van der Waals surface area contributed by atoms with Crippen molar-refractivity contribution in [3.63, 3.8) is 0 Å². The first kappa shape index (κ1) is 12.4. The summed E-state index contributed by atoms with van der Waals surface area (Å²) in [5, 5.41) is 0. The van der Waals surface area contributed by atoms with E-state index in [0.717, 1.165) is 5.92 Å². The van der Waals surface area contributed by atoms with Gasteiger partial charge in [0.05, 0.1) is 0 Å². The van der Waals surface area contributed by atoms with Crippen molar-refractivity contribution in [2.45, 2.75) is 46.5 Å². The molecule has 0 aromatic carbocycles. The van der Waals surface area contributed by atoms with Crippen LogP contribution in [0.4, 0.5) is 0 Å². The molecule has 1 saturated carbocycles. The van der Waals surface area contributed by atoms with Crippen LogP contribution >= 0.6 is 0 Å². The van der Waals surface area contributed by atoms with E-state index in [1.165, 1.54) is 25.7 Å². The first-order valence-electron chi connectivity index (χ1n) is 4.35. The Bertz CT molecular complexity index is 44.0. The maximum Gasteiger partial charge on any atom is -0.0417 e. The van der Waals surface area contributed by atoms with Crippen LogP contribution in [0.25, 0.3) is 0 Å². The van der Waals surface area contributed by atoms with Gasteiger partial charge < -0.3 is 0 Å². The molecule has 0 amide bonds. The molecule has 0 unspecified atom stereocenters. The Morgan fingerprint density at radius 2 is 1.40 bits per heavy atom. The molecule has 1 rings (SSSR count). The minimum absolute atomic E-state index is 1.13. The minimum Gasteiger partial charge on any atom is -0.106 e. The van der Waals surface area contributed by atoms with E-state index in [2.05, 4.69) is 33.9 Å². The van der Waals surface area contributed by atoms with E-state index in [9.17, 15) is 0 Å². The summed E-state index contributed by atoms with van der Waals surface area (Å²) >= 11 is 0. The van der Waals surface area contributed by atoms with Crippen molar-refractivity contribution >= 4 is 0 Å². The third-order valence-electron chi connectivity index (χ3n) is 1.27. The molecule has 0 atom stereocenters. The van der Waals surface area contributed by atoms with Crippen molar-refractivity contribution in [3.05, 3.63) is 13.2 Å². The molecule has 0 saturated heterocycles. The molecule has 1 aliphatic carbocycles. The van der Waals surface area contributed by atoms with Crippen LogP contribution in [-0.4, -0.2) is 0 Å². The van der Waals surface area contributed by atoms with Gasteiger partial charge in [-0.3, -0.25) is 0 Å². The van der Waals surface area contributed by atoms with Crippen LogP contribution in [0.1, 0.15) is 46.5 Å². The van der Waals surface area contributed by atoms with Crippen LogP contribution in [0.5, 0.6) is 0 Å². The highest BCUT2D eigenvalue weighted by atomic mass is 14.2. The Labute approximate surface area is 66.3 Å². The lowest BCUT2D eigenvalue weighted by atomic mass is 10.3. The summed E-state index contributed by atoms with van der Waals surface area (Å²) in [4.78, 5) is 0. The molecule has 0 spiro atoms. The van der Waals surface area contributed by atoms with E-state index in [1.807, 2.05) is 0 Å². The van der Waals surface area contributed by atoms with Gasteiger partial charge in [0.2, 0.25) is 0 Å². The zero-order chi connectivity index (χ0) is 8.41. The molecule has 1 fully saturated rings. The fraction of sp³-hybridized carbons (Fsp3) is 0.800. The summed E-state index contributed by atoms with van der Waals surface area (Å²) in [6.45, 7) is 12.5. The first-order chi connectivity index (χ1) is 4.85. The predicted molar refractivity (Wildman–Crippen MR) is 50.2 cm³/mol. The van der Waals surface area contributed by atoms with Gasteiger partial charge in [0.1, 0.15) is 0 Å². The largest absolute Gasteiger partial charge is 0.106 e. The van der Waals surface area contributed by atoms with E-state index in [4.69, 9.17) is 0 Å². The summed E-state index contributed by atoms with van der Waals surface area (Å²) in [5.74, 6) is 1.13. The second-order valence-electron chi connectivity index (χ2n) is 2.56. The van der Waals surface area contributed by atoms with Gasteiger partial charge in [0.15, 0.2) is 0 Å². The van der Waals surface area contributed by atoms with Crippen molar-refractivity contribution in [2.24, 2.45) is 5.92 Å². The van der Waals surface area contributed by atoms with Crippen LogP contribution < -0.4 is 0 Å². The average molecular weight is 142 g/mol. The third-order valence-corrected chi connectivity index (χ3v) is 1.27. The Morgan fingerprint density at radius 3 is 1.40 bits per heavy atom. The van der Waals surface area contributed by atoms with Gasteiger partial charge >= 0.3 is 0 Å². The summed E-state index contributed by atoms with van der Waals surface area (Å²) in [7, 11) is 0. The molecular formula is C10H22. The quantitative estimate of drug-likeness (QED) is 0.485. The molecule has 0 heteroatoms. The molecule has 0 aromatic rings. The molecular weight excluding hydrogens is 120 g/mol. The van der Waals surface area contributed by atoms with Crippen LogP contribution in [-0.2, 0) is 0 Å². The smallest absolute Gasteiger partial charge is 0.0417 e. The SMILES string of the molecule is C=C.CCC.CCC1CC1. The summed E-state index contributed by atoms with van der Waals surface area (Å²) in [6, 6.07) is 0. The van der Waals surface area contributed by atoms with Crippen molar-refractivity contribution in [3.8, 4) is 0 Å². The predicted octanol–water partition coefficient (Wildman–Crippen LogP) is 4.02. The molecule has 0 aromatic heterocycles. The maximum atomic E-state index is 3.00. The van der Waals surface area contributed by atoms with Crippen molar-refractivity contribution in [1.29, 1.82) is 0 Å². The topological polar surface area (TPSA) is 0 Å². The van der Waals surface area contributed by atoms with Gasteiger partial charge in [0, 0.05) is 0 Å². The van der Waals surface area contributed by atoms with E-state index < -0.39 is 0 Å². The lowest BCUT2D eigenvalue weighted by molar-refractivity contribution is 0.799. The molecule has 0 bridgehead atoms. The molecule has 62 valence electrons. The summed E-state index contributed by atoms with van der Waals surface area (Å²) < 4.78 is 0. The Balaban J connectivity index is 0. The maximum absolute atomic E-state index is 3.00.